The van der Waals surface area contributed by atoms with Gasteiger partial charge in [-0.1, -0.05) is 41.4 Å². The summed E-state index contributed by atoms with van der Waals surface area (Å²) in [6.45, 7) is 1.62. The van der Waals surface area contributed by atoms with Gasteiger partial charge in [-0.15, -0.1) is 5.11 Å². The van der Waals surface area contributed by atoms with E-state index >= 15 is 0 Å². The Hall–Kier alpha value is -4.01. The van der Waals surface area contributed by atoms with E-state index in [2.05, 4.69) is 40.3 Å². The summed E-state index contributed by atoms with van der Waals surface area (Å²) in [4.78, 5) is 24.5. The number of hydrogen-bond donors (Lipinski definition) is 3. The number of azo groups is 1. The van der Waals surface area contributed by atoms with E-state index in [9.17, 15) is 13.2 Å². The smallest absolute Gasteiger partial charge is 0.299 e. The normalized spacial score (nSPS) is 11.6. The van der Waals surface area contributed by atoms with Crippen molar-refractivity contribution in [3.05, 3.63) is 103 Å². The molecule has 3 N–H and O–H groups in total. The van der Waals surface area contributed by atoms with Crippen molar-refractivity contribution in [1.82, 2.24) is 24.7 Å². The molecule has 17 heteroatoms. The molecule has 42 heavy (non-hydrogen) atoms. The first kappa shape index (κ1) is 29.5. The third-order valence-corrected chi connectivity index (χ3v) is 8.06. The molecule has 0 saturated heterocycles. The van der Waals surface area contributed by atoms with Crippen molar-refractivity contribution in [2.75, 3.05) is 10.0 Å². The molecule has 0 saturated carbocycles. The Kier molecular flexibility index (Phi) is 8.48. The van der Waals surface area contributed by atoms with E-state index < -0.39 is 15.6 Å². The molecule has 0 aliphatic rings. The summed E-state index contributed by atoms with van der Waals surface area (Å²) in [7, 11) is -4.18. The second kappa shape index (κ2) is 12.1. The maximum absolute atomic E-state index is 13.3. The van der Waals surface area contributed by atoms with Crippen LogP contribution >= 0.6 is 46.4 Å². The molecule has 0 bridgehead atoms. The molecular formula is C25H17Cl4N9O3S. The van der Waals surface area contributed by atoms with Crippen molar-refractivity contribution in [3.63, 3.8) is 0 Å². The van der Waals surface area contributed by atoms with Crippen LogP contribution in [0.2, 0.25) is 20.6 Å². The summed E-state index contributed by atoms with van der Waals surface area (Å²) in [5.74, 6) is 0.108. The highest BCUT2D eigenvalue weighted by Gasteiger charge is 2.22. The zero-order chi connectivity index (χ0) is 30.0. The second-order valence-electron chi connectivity index (χ2n) is 8.50. The number of H-pyrrole nitrogens is 1. The molecule has 0 radical (unpaired) electrons. The Morgan fingerprint density at radius 3 is 2.17 bits per heavy atom. The second-order valence-corrected chi connectivity index (χ2v) is 11.6. The largest absolute Gasteiger partial charge is 0.324 e. The van der Waals surface area contributed by atoms with E-state index in [4.69, 9.17) is 46.4 Å². The standard InChI is InChI=1S/C25H17Cl4N9O3S/c1-13-21(35-34-15-5-3-2-4-6-15)22(39)38(36-13)19-12-17(11-18(26)20(19)27)42(40,41)37-16-9-7-14(8-10-16)30-25-32-23(28)31-24(29)33-25/h2-12,36-37H,1H3,(H,30,31,32,33). The number of sulfonamides is 1. The molecule has 0 spiro atoms. The molecule has 0 unspecified atom stereocenters. The summed E-state index contributed by atoms with van der Waals surface area (Å²) in [5.41, 5.74) is 1.12. The van der Waals surface area contributed by atoms with Gasteiger partial charge < -0.3 is 5.32 Å². The van der Waals surface area contributed by atoms with E-state index in [0.29, 0.717) is 17.1 Å². The molecule has 0 aliphatic carbocycles. The number of aromatic nitrogens is 5. The van der Waals surface area contributed by atoms with E-state index in [1.54, 1.807) is 43.3 Å². The zero-order valence-electron chi connectivity index (χ0n) is 21.2. The number of aryl methyl sites for hydroxylation is 1. The number of nitrogens with one attached hydrogen (secondary N) is 3. The number of halogens is 4. The number of anilines is 3. The zero-order valence-corrected chi connectivity index (χ0v) is 25.0. The van der Waals surface area contributed by atoms with Crippen molar-refractivity contribution >= 4 is 85.1 Å². The van der Waals surface area contributed by atoms with Crippen LogP contribution in [-0.2, 0) is 10.0 Å². The highest BCUT2D eigenvalue weighted by molar-refractivity contribution is 7.92. The number of benzene rings is 3. The molecule has 12 nitrogen and oxygen atoms in total. The summed E-state index contributed by atoms with van der Waals surface area (Å²) < 4.78 is 30.1. The SMILES string of the molecule is Cc1[nH]n(-c2cc(S(=O)(=O)Nc3ccc(Nc4nc(Cl)nc(Cl)n4)cc3)cc(Cl)c2Cl)c(=O)c1N=Nc1ccccc1. The lowest BCUT2D eigenvalue weighted by molar-refractivity contribution is 0.601. The fraction of sp³-hybridized carbons (Fsp3) is 0.0400. The van der Waals surface area contributed by atoms with Gasteiger partial charge in [0.15, 0.2) is 5.69 Å². The Morgan fingerprint density at radius 2 is 1.50 bits per heavy atom. The topological polar surface area (TPSA) is 159 Å². The Labute approximate surface area is 258 Å². The molecule has 2 aromatic heterocycles. The fourth-order valence-electron chi connectivity index (χ4n) is 3.64. The average Bonchev–Trinajstić information content (AvgIpc) is 3.22. The van der Waals surface area contributed by atoms with Gasteiger partial charge in [0.25, 0.3) is 15.6 Å². The number of hydrogen-bond acceptors (Lipinski definition) is 9. The molecule has 0 aliphatic heterocycles. The maximum atomic E-state index is 13.3. The molecule has 214 valence electrons. The van der Waals surface area contributed by atoms with Crippen LogP contribution in [0.3, 0.4) is 0 Å². The number of aromatic amines is 1. The van der Waals surface area contributed by atoms with Crippen molar-refractivity contribution in [2.45, 2.75) is 11.8 Å². The van der Waals surface area contributed by atoms with Crippen LogP contribution in [0.25, 0.3) is 5.69 Å². The van der Waals surface area contributed by atoms with E-state index in [-0.39, 0.29) is 48.5 Å². The van der Waals surface area contributed by atoms with Gasteiger partial charge in [-0.2, -0.15) is 20.1 Å². The average molecular weight is 665 g/mol. The van der Waals surface area contributed by atoms with Gasteiger partial charge in [0.1, 0.15) is 0 Å². The third kappa shape index (κ3) is 6.55. The molecule has 3 aromatic carbocycles. The highest BCUT2D eigenvalue weighted by Crippen LogP contribution is 2.33. The molecular weight excluding hydrogens is 648 g/mol. The molecule has 5 rings (SSSR count). The molecule has 0 fully saturated rings. The predicted octanol–water partition coefficient (Wildman–Crippen LogP) is 7.23. The first-order valence-corrected chi connectivity index (χ1v) is 14.7. The van der Waals surface area contributed by atoms with Crippen LogP contribution in [0.15, 0.2) is 86.6 Å². The molecule has 5 aromatic rings. The minimum atomic E-state index is -4.18. The Morgan fingerprint density at radius 1 is 0.857 bits per heavy atom. The van der Waals surface area contributed by atoms with Gasteiger partial charge in [0.2, 0.25) is 16.5 Å². The lowest BCUT2D eigenvalue weighted by Gasteiger charge is -2.13. The van der Waals surface area contributed by atoms with Gasteiger partial charge in [-0.05, 0) is 78.7 Å². The molecule has 0 atom stereocenters. The van der Waals surface area contributed by atoms with Crippen molar-refractivity contribution in [3.8, 4) is 5.69 Å². The van der Waals surface area contributed by atoms with Gasteiger partial charge in [0, 0.05) is 11.4 Å². The third-order valence-electron chi connectivity index (χ3n) is 5.57. The lowest BCUT2D eigenvalue weighted by Crippen LogP contribution is -2.17. The van der Waals surface area contributed by atoms with Gasteiger partial charge >= 0.3 is 0 Å². The van der Waals surface area contributed by atoms with Crippen LogP contribution in [0, 0.1) is 6.92 Å². The van der Waals surface area contributed by atoms with Crippen molar-refractivity contribution in [2.24, 2.45) is 10.2 Å². The molecule has 0 amide bonds. The fourth-order valence-corrected chi connectivity index (χ4v) is 5.58. The van der Waals surface area contributed by atoms with Crippen LogP contribution in [-0.4, -0.2) is 33.2 Å². The minimum Gasteiger partial charge on any atom is -0.324 e. The van der Waals surface area contributed by atoms with Gasteiger partial charge in [-0.3, -0.25) is 14.6 Å². The Balaban J connectivity index is 1.41. The van der Waals surface area contributed by atoms with Crippen molar-refractivity contribution in [1.29, 1.82) is 0 Å². The number of nitrogens with zero attached hydrogens (tertiary/aromatic N) is 6. The van der Waals surface area contributed by atoms with E-state index in [1.807, 2.05) is 6.07 Å². The van der Waals surface area contributed by atoms with Crippen LogP contribution in [0.4, 0.5) is 28.7 Å². The van der Waals surface area contributed by atoms with Gasteiger partial charge in [0.05, 0.1) is 32.0 Å². The number of rotatable bonds is 8. The first-order valence-electron chi connectivity index (χ1n) is 11.7. The highest BCUT2D eigenvalue weighted by atomic mass is 35.5. The van der Waals surface area contributed by atoms with E-state index in [0.717, 1.165) is 4.68 Å². The van der Waals surface area contributed by atoms with Crippen molar-refractivity contribution < 1.29 is 8.42 Å². The first-order chi connectivity index (χ1) is 20.0. The predicted molar refractivity (Wildman–Crippen MR) is 162 cm³/mol. The Bertz CT molecular complexity index is 1960. The van der Waals surface area contributed by atoms with Crippen LogP contribution in [0.5, 0.6) is 0 Å². The van der Waals surface area contributed by atoms with E-state index in [1.165, 1.54) is 24.3 Å². The minimum absolute atomic E-state index is 0.00743. The molecule has 2 heterocycles. The monoisotopic (exact) mass is 663 g/mol. The summed E-state index contributed by atoms with van der Waals surface area (Å²) >= 11 is 24.3. The lowest BCUT2D eigenvalue weighted by atomic mass is 10.3. The quantitative estimate of drug-likeness (QED) is 0.147. The summed E-state index contributed by atoms with van der Waals surface area (Å²) in [6.07, 6.45) is 0. The van der Waals surface area contributed by atoms with Crippen LogP contribution in [0.1, 0.15) is 5.69 Å². The summed E-state index contributed by atoms with van der Waals surface area (Å²) in [5, 5.41) is 13.6. The van der Waals surface area contributed by atoms with Gasteiger partial charge in [-0.25, -0.2) is 13.1 Å². The summed E-state index contributed by atoms with van der Waals surface area (Å²) in [6, 6.07) is 17.4. The maximum Gasteiger partial charge on any atom is 0.299 e. The van der Waals surface area contributed by atoms with Crippen LogP contribution < -0.4 is 15.6 Å².